The van der Waals surface area contributed by atoms with Crippen molar-refractivity contribution in [3.05, 3.63) is 47.5 Å². The van der Waals surface area contributed by atoms with Crippen LogP contribution in [0.15, 0.2) is 42.5 Å². The molecule has 0 aliphatic heterocycles. The number of nitrogen functional groups attached to an aromatic ring is 1. The lowest BCUT2D eigenvalue weighted by Gasteiger charge is -2.13. The molecule has 1 heterocycles. The molecule has 4 nitrogen and oxygen atoms in total. The Bertz CT molecular complexity index is 759. The number of benzene rings is 2. The molecule has 1 aromatic heterocycles. The molecular formula is C15H15ClN4. The Balaban J connectivity index is 2.19. The van der Waals surface area contributed by atoms with Crippen molar-refractivity contribution >= 4 is 34.3 Å². The maximum atomic E-state index is 6.16. The molecule has 20 heavy (non-hydrogen) atoms. The molecule has 0 aliphatic rings. The number of halogens is 1. The van der Waals surface area contributed by atoms with E-state index in [-0.39, 0.29) is 0 Å². The fraction of sp³-hybridized carbons (Fsp3) is 0.133. The first-order valence-corrected chi connectivity index (χ1v) is 6.66. The van der Waals surface area contributed by atoms with Gasteiger partial charge >= 0.3 is 0 Å². The van der Waals surface area contributed by atoms with Gasteiger partial charge in [0.25, 0.3) is 0 Å². The molecule has 3 aromatic rings. The van der Waals surface area contributed by atoms with E-state index in [0.717, 1.165) is 22.4 Å². The molecule has 0 amide bonds. The molecule has 2 N–H and O–H groups in total. The highest BCUT2D eigenvalue weighted by atomic mass is 35.5. The van der Waals surface area contributed by atoms with Gasteiger partial charge in [-0.15, -0.1) is 0 Å². The van der Waals surface area contributed by atoms with Crippen LogP contribution in [-0.2, 0) is 0 Å². The highest BCUT2D eigenvalue weighted by Crippen LogP contribution is 2.28. The van der Waals surface area contributed by atoms with Crippen LogP contribution in [0, 0.1) is 0 Å². The molecule has 0 saturated heterocycles. The van der Waals surface area contributed by atoms with Crippen LogP contribution in [0.2, 0.25) is 5.02 Å². The second-order valence-electron chi connectivity index (χ2n) is 4.82. The van der Waals surface area contributed by atoms with E-state index in [1.54, 1.807) is 0 Å². The summed E-state index contributed by atoms with van der Waals surface area (Å²) in [5, 5.41) is 0.609. The summed E-state index contributed by atoms with van der Waals surface area (Å²) in [7, 11) is 4.02. The molecule has 0 saturated carbocycles. The summed E-state index contributed by atoms with van der Waals surface area (Å²) in [4.78, 5) is 6.40. The zero-order valence-corrected chi connectivity index (χ0v) is 12.1. The molecule has 0 spiro atoms. The quantitative estimate of drug-likeness (QED) is 0.786. The van der Waals surface area contributed by atoms with Gasteiger partial charge in [-0.3, -0.25) is 4.57 Å². The van der Waals surface area contributed by atoms with E-state index >= 15 is 0 Å². The van der Waals surface area contributed by atoms with Gasteiger partial charge in [-0.2, -0.15) is 0 Å². The summed E-state index contributed by atoms with van der Waals surface area (Å²) in [6, 6.07) is 13.8. The zero-order valence-electron chi connectivity index (χ0n) is 11.3. The topological polar surface area (TPSA) is 47.1 Å². The van der Waals surface area contributed by atoms with E-state index in [1.807, 2.05) is 61.1 Å². The Morgan fingerprint density at radius 3 is 2.45 bits per heavy atom. The van der Waals surface area contributed by atoms with Crippen LogP contribution in [0.5, 0.6) is 0 Å². The van der Waals surface area contributed by atoms with Crippen LogP contribution in [0.3, 0.4) is 0 Å². The Morgan fingerprint density at radius 2 is 1.80 bits per heavy atom. The third-order valence-electron chi connectivity index (χ3n) is 3.29. The summed E-state index contributed by atoms with van der Waals surface area (Å²) >= 11 is 6.16. The van der Waals surface area contributed by atoms with Gasteiger partial charge in [0.2, 0.25) is 5.95 Å². The third kappa shape index (κ3) is 1.98. The van der Waals surface area contributed by atoms with Gasteiger partial charge < -0.3 is 10.6 Å². The summed E-state index contributed by atoms with van der Waals surface area (Å²) < 4.78 is 1.90. The van der Waals surface area contributed by atoms with Crippen LogP contribution < -0.4 is 10.6 Å². The van der Waals surface area contributed by atoms with Gasteiger partial charge in [-0.05, 0) is 36.4 Å². The van der Waals surface area contributed by atoms with Gasteiger partial charge in [-0.25, -0.2) is 4.98 Å². The summed E-state index contributed by atoms with van der Waals surface area (Å²) in [6.45, 7) is 0. The number of fused-ring (bicyclic) bond motifs is 1. The summed E-state index contributed by atoms with van der Waals surface area (Å²) in [6.07, 6.45) is 0. The Morgan fingerprint density at radius 1 is 1.10 bits per heavy atom. The smallest absolute Gasteiger partial charge is 0.205 e. The van der Waals surface area contributed by atoms with E-state index in [1.165, 1.54) is 0 Å². The molecule has 102 valence electrons. The molecular weight excluding hydrogens is 272 g/mol. The zero-order chi connectivity index (χ0) is 14.3. The number of nitrogens with two attached hydrogens (primary N) is 1. The maximum absolute atomic E-state index is 6.16. The molecule has 0 bridgehead atoms. The number of imidazole rings is 1. The minimum Gasteiger partial charge on any atom is -0.378 e. The molecule has 0 atom stereocenters. The number of rotatable bonds is 2. The second kappa shape index (κ2) is 4.72. The van der Waals surface area contributed by atoms with Crippen LogP contribution in [-0.4, -0.2) is 23.6 Å². The highest BCUT2D eigenvalue weighted by Gasteiger charge is 2.12. The second-order valence-corrected chi connectivity index (χ2v) is 5.23. The standard InChI is InChI=1S/C15H15ClN4/c1-19(2)10-6-8-11(9-7-10)20-13-5-3-4-12(16)14(13)18-15(20)17/h3-9H,1-2H3,(H2,17,18). The summed E-state index contributed by atoms with van der Waals surface area (Å²) in [5.74, 6) is 0.436. The summed E-state index contributed by atoms with van der Waals surface area (Å²) in [5.41, 5.74) is 9.77. The largest absolute Gasteiger partial charge is 0.378 e. The average molecular weight is 287 g/mol. The van der Waals surface area contributed by atoms with Gasteiger partial charge in [0.15, 0.2) is 0 Å². The van der Waals surface area contributed by atoms with E-state index in [0.29, 0.717) is 11.0 Å². The van der Waals surface area contributed by atoms with Crippen molar-refractivity contribution < 1.29 is 0 Å². The molecule has 0 unspecified atom stereocenters. The number of hydrogen-bond acceptors (Lipinski definition) is 3. The average Bonchev–Trinajstić information content (AvgIpc) is 2.77. The van der Waals surface area contributed by atoms with Crippen LogP contribution >= 0.6 is 11.6 Å². The molecule has 5 heteroatoms. The molecule has 0 radical (unpaired) electrons. The number of hydrogen-bond donors (Lipinski definition) is 1. The monoisotopic (exact) mass is 286 g/mol. The van der Waals surface area contributed by atoms with Crippen LogP contribution in [0.25, 0.3) is 16.7 Å². The van der Waals surface area contributed by atoms with Crippen molar-refractivity contribution in [3.63, 3.8) is 0 Å². The van der Waals surface area contributed by atoms with E-state index in [4.69, 9.17) is 17.3 Å². The minimum absolute atomic E-state index is 0.436. The van der Waals surface area contributed by atoms with Crippen molar-refractivity contribution in [1.29, 1.82) is 0 Å². The van der Waals surface area contributed by atoms with Crippen molar-refractivity contribution in [2.24, 2.45) is 0 Å². The fourth-order valence-electron chi connectivity index (χ4n) is 2.25. The Kier molecular flexibility index (Phi) is 3.03. The van der Waals surface area contributed by atoms with Crippen LogP contribution in [0.4, 0.5) is 11.6 Å². The lowest BCUT2D eigenvalue weighted by molar-refractivity contribution is 1.09. The first-order valence-electron chi connectivity index (χ1n) is 6.28. The van der Waals surface area contributed by atoms with E-state index in [9.17, 15) is 0 Å². The molecule has 0 aliphatic carbocycles. The fourth-order valence-corrected chi connectivity index (χ4v) is 2.47. The van der Waals surface area contributed by atoms with Crippen molar-refractivity contribution in [1.82, 2.24) is 9.55 Å². The van der Waals surface area contributed by atoms with Crippen molar-refractivity contribution in [3.8, 4) is 5.69 Å². The number of nitrogens with zero attached hydrogens (tertiary/aromatic N) is 3. The highest BCUT2D eigenvalue weighted by molar-refractivity contribution is 6.35. The van der Waals surface area contributed by atoms with Gasteiger partial charge in [0.1, 0.15) is 5.52 Å². The SMILES string of the molecule is CN(C)c1ccc(-n2c(N)nc3c(Cl)cccc32)cc1. The number of aromatic nitrogens is 2. The normalized spacial score (nSPS) is 10.9. The first kappa shape index (κ1) is 12.8. The van der Waals surface area contributed by atoms with Gasteiger partial charge in [-0.1, -0.05) is 17.7 Å². The van der Waals surface area contributed by atoms with Gasteiger partial charge in [0.05, 0.1) is 10.5 Å². The minimum atomic E-state index is 0.436. The molecule has 0 fully saturated rings. The number of para-hydroxylation sites is 1. The number of anilines is 2. The Hall–Kier alpha value is -2.20. The third-order valence-corrected chi connectivity index (χ3v) is 3.59. The van der Waals surface area contributed by atoms with E-state index < -0.39 is 0 Å². The first-order chi connectivity index (χ1) is 9.58. The van der Waals surface area contributed by atoms with Crippen molar-refractivity contribution in [2.45, 2.75) is 0 Å². The predicted octanol–water partition coefficient (Wildman–Crippen LogP) is 3.33. The lowest BCUT2D eigenvalue weighted by Crippen LogP contribution is -2.08. The lowest BCUT2D eigenvalue weighted by atomic mass is 10.2. The van der Waals surface area contributed by atoms with E-state index in [2.05, 4.69) is 9.88 Å². The van der Waals surface area contributed by atoms with Crippen LogP contribution in [0.1, 0.15) is 0 Å². The molecule has 3 rings (SSSR count). The maximum Gasteiger partial charge on any atom is 0.205 e. The molecule has 2 aromatic carbocycles. The van der Waals surface area contributed by atoms with Gasteiger partial charge in [0, 0.05) is 25.5 Å². The Labute approximate surface area is 122 Å². The predicted molar refractivity (Wildman–Crippen MR) is 84.8 cm³/mol. The van der Waals surface area contributed by atoms with Crippen molar-refractivity contribution in [2.75, 3.05) is 24.7 Å².